The molecule has 110 valence electrons. The molecule has 0 bridgehead atoms. The van der Waals surface area contributed by atoms with Gasteiger partial charge in [-0.25, -0.2) is 0 Å². The summed E-state index contributed by atoms with van der Waals surface area (Å²) in [5.41, 5.74) is 0.388. The summed E-state index contributed by atoms with van der Waals surface area (Å²) in [5.74, 6) is 1.21. The molecule has 21 heavy (non-hydrogen) atoms. The van der Waals surface area contributed by atoms with Gasteiger partial charge in [0.15, 0.2) is 0 Å². The third-order valence-electron chi connectivity index (χ3n) is 3.01. The van der Waals surface area contributed by atoms with E-state index in [1.807, 2.05) is 25.1 Å². The van der Waals surface area contributed by atoms with Crippen molar-refractivity contribution in [1.82, 2.24) is 5.32 Å². The molecule has 0 unspecified atom stereocenters. The van der Waals surface area contributed by atoms with E-state index < -0.39 is 0 Å². The predicted molar refractivity (Wildman–Crippen MR) is 79.2 cm³/mol. The largest absolute Gasteiger partial charge is 0.464 e. The molecule has 0 spiro atoms. The standard InChI is InChI=1S/C15H16N2O3S/c1-10-3-4-13(20-10)12(5-7-19-2)17-15(18)14-11(9-16)6-8-21-14/h3-4,6,8,12H,5,7H2,1-2H3,(H,17,18)/t12-/m1/s1. The van der Waals surface area contributed by atoms with Crippen LogP contribution < -0.4 is 5.32 Å². The van der Waals surface area contributed by atoms with E-state index in [-0.39, 0.29) is 11.9 Å². The van der Waals surface area contributed by atoms with Gasteiger partial charge in [0.1, 0.15) is 22.5 Å². The van der Waals surface area contributed by atoms with Gasteiger partial charge in [-0.05, 0) is 36.9 Å². The Morgan fingerprint density at radius 2 is 2.33 bits per heavy atom. The summed E-state index contributed by atoms with van der Waals surface area (Å²) >= 11 is 1.25. The van der Waals surface area contributed by atoms with E-state index in [1.165, 1.54) is 11.3 Å². The van der Waals surface area contributed by atoms with Crippen LogP contribution in [0.3, 0.4) is 0 Å². The van der Waals surface area contributed by atoms with E-state index >= 15 is 0 Å². The van der Waals surface area contributed by atoms with E-state index in [2.05, 4.69) is 5.32 Å². The predicted octanol–water partition coefficient (Wildman–Crippen LogP) is 3.03. The fraction of sp³-hybridized carbons (Fsp3) is 0.333. The van der Waals surface area contributed by atoms with Crippen molar-refractivity contribution in [1.29, 1.82) is 5.26 Å². The molecule has 6 heteroatoms. The van der Waals surface area contributed by atoms with E-state index in [4.69, 9.17) is 14.4 Å². The highest BCUT2D eigenvalue weighted by Crippen LogP contribution is 2.22. The van der Waals surface area contributed by atoms with Crippen molar-refractivity contribution in [2.45, 2.75) is 19.4 Å². The summed E-state index contributed by atoms with van der Waals surface area (Å²) < 4.78 is 10.7. The number of hydrogen-bond donors (Lipinski definition) is 1. The van der Waals surface area contributed by atoms with Crippen molar-refractivity contribution in [2.75, 3.05) is 13.7 Å². The van der Waals surface area contributed by atoms with Crippen molar-refractivity contribution < 1.29 is 13.9 Å². The molecule has 0 aliphatic rings. The van der Waals surface area contributed by atoms with Crippen LogP contribution in [0.15, 0.2) is 28.0 Å². The normalized spacial score (nSPS) is 11.9. The number of carbonyl (C=O) groups excluding carboxylic acids is 1. The summed E-state index contributed by atoms with van der Waals surface area (Å²) in [6.45, 7) is 2.35. The third-order valence-corrected chi connectivity index (χ3v) is 3.93. The average molecular weight is 304 g/mol. The topological polar surface area (TPSA) is 75.3 Å². The monoisotopic (exact) mass is 304 g/mol. The molecule has 1 N–H and O–H groups in total. The number of nitrogens with zero attached hydrogens (tertiary/aromatic N) is 1. The number of thiophene rings is 1. The van der Waals surface area contributed by atoms with E-state index in [9.17, 15) is 4.79 Å². The Morgan fingerprint density at radius 1 is 1.52 bits per heavy atom. The first-order valence-corrected chi connectivity index (χ1v) is 7.37. The quantitative estimate of drug-likeness (QED) is 0.890. The van der Waals surface area contributed by atoms with E-state index in [0.717, 1.165) is 5.76 Å². The number of ether oxygens (including phenoxy) is 1. The first kappa shape index (κ1) is 15.3. The van der Waals surface area contributed by atoms with Gasteiger partial charge in [-0.3, -0.25) is 4.79 Å². The molecule has 2 rings (SSSR count). The second-order valence-corrected chi connectivity index (χ2v) is 5.45. The van der Waals surface area contributed by atoms with Gasteiger partial charge in [-0.1, -0.05) is 0 Å². The molecule has 5 nitrogen and oxygen atoms in total. The second kappa shape index (κ2) is 7.07. The van der Waals surface area contributed by atoms with Gasteiger partial charge in [0, 0.05) is 13.7 Å². The number of aryl methyl sites for hydroxylation is 1. The minimum absolute atomic E-state index is 0.267. The lowest BCUT2D eigenvalue weighted by molar-refractivity contribution is 0.0920. The number of carbonyl (C=O) groups is 1. The summed E-state index contributed by atoms with van der Waals surface area (Å²) in [7, 11) is 1.61. The Labute approximate surface area is 127 Å². The number of nitrogens with one attached hydrogen (secondary N) is 1. The molecule has 2 aromatic rings. The van der Waals surface area contributed by atoms with Crippen LogP contribution in [0.5, 0.6) is 0 Å². The van der Waals surface area contributed by atoms with Gasteiger partial charge in [0.25, 0.3) is 5.91 Å². The molecule has 0 fully saturated rings. The fourth-order valence-electron chi connectivity index (χ4n) is 1.96. The molecule has 1 atom stereocenters. The molecular formula is C15H16N2O3S. The lowest BCUT2D eigenvalue weighted by Crippen LogP contribution is -2.29. The van der Waals surface area contributed by atoms with Crippen molar-refractivity contribution in [2.24, 2.45) is 0 Å². The maximum absolute atomic E-state index is 12.3. The van der Waals surface area contributed by atoms with Crippen LogP contribution in [0.25, 0.3) is 0 Å². The number of furan rings is 1. The van der Waals surface area contributed by atoms with Gasteiger partial charge in [0.05, 0.1) is 11.6 Å². The second-order valence-electron chi connectivity index (χ2n) is 4.53. The lowest BCUT2D eigenvalue weighted by atomic mass is 10.1. The van der Waals surface area contributed by atoms with Crippen LogP contribution in [0.1, 0.15) is 39.2 Å². The molecule has 0 aromatic carbocycles. The summed E-state index contributed by atoms with van der Waals surface area (Å²) in [4.78, 5) is 12.7. The van der Waals surface area contributed by atoms with Crippen molar-refractivity contribution >= 4 is 17.2 Å². The first-order valence-electron chi connectivity index (χ1n) is 6.49. The zero-order valence-electron chi connectivity index (χ0n) is 11.9. The number of nitriles is 1. The van der Waals surface area contributed by atoms with Crippen LogP contribution in [-0.4, -0.2) is 19.6 Å². The molecule has 0 aliphatic carbocycles. The Balaban J connectivity index is 2.15. The van der Waals surface area contributed by atoms with Gasteiger partial charge >= 0.3 is 0 Å². The average Bonchev–Trinajstić information content (AvgIpc) is 3.11. The first-order chi connectivity index (χ1) is 10.2. The Bertz CT molecular complexity index is 654. The molecule has 2 aromatic heterocycles. The summed E-state index contributed by atoms with van der Waals surface area (Å²) in [6, 6.07) is 7.08. The van der Waals surface area contributed by atoms with Gasteiger partial charge in [-0.2, -0.15) is 5.26 Å². The van der Waals surface area contributed by atoms with E-state index in [0.29, 0.717) is 29.2 Å². The van der Waals surface area contributed by atoms with E-state index in [1.54, 1.807) is 18.6 Å². The zero-order valence-corrected chi connectivity index (χ0v) is 12.7. The van der Waals surface area contributed by atoms with Crippen LogP contribution in [-0.2, 0) is 4.74 Å². The number of rotatable bonds is 6. The van der Waals surface area contributed by atoms with Crippen molar-refractivity contribution in [3.8, 4) is 6.07 Å². The Morgan fingerprint density at radius 3 is 2.95 bits per heavy atom. The number of amides is 1. The van der Waals surface area contributed by atoms with Crippen LogP contribution in [0.4, 0.5) is 0 Å². The van der Waals surface area contributed by atoms with Crippen LogP contribution in [0.2, 0.25) is 0 Å². The third kappa shape index (κ3) is 3.72. The molecule has 0 saturated heterocycles. The van der Waals surface area contributed by atoms with Crippen LogP contribution >= 0.6 is 11.3 Å². The van der Waals surface area contributed by atoms with Gasteiger partial charge in [0.2, 0.25) is 0 Å². The highest BCUT2D eigenvalue weighted by Gasteiger charge is 2.21. The highest BCUT2D eigenvalue weighted by atomic mass is 32.1. The SMILES string of the molecule is COCC[C@@H](NC(=O)c1sccc1C#N)c1ccc(C)o1. The maximum atomic E-state index is 12.3. The van der Waals surface area contributed by atoms with Gasteiger partial charge < -0.3 is 14.5 Å². The minimum atomic E-state index is -0.278. The molecule has 0 aliphatic heterocycles. The molecular weight excluding hydrogens is 288 g/mol. The molecule has 0 radical (unpaired) electrons. The smallest absolute Gasteiger partial charge is 0.263 e. The molecule has 0 saturated carbocycles. The Hall–Kier alpha value is -2.10. The number of hydrogen-bond acceptors (Lipinski definition) is 5. The minimum Gasteiger partial charge on any atom is -0.464 e. The van der Waals surface area contributed by atoms with Crippen LogP contribution in [0, 0.1) is 18.3 Å². The van der Waals surface area contributed by atoms with Crippen molar-refractivity contribution in [3.63, 3.8) is 0 Å². The Kier molecular flexibility index (Phi) is 5.14. The lowest BCUT2D eigenvalue weighted by Gasteiger charge is -2.16. The number of methoxy groups -OCH3 is 1. The molecule has 1 amide bonds. The summed E-state index contributed by atoms with van der Waals surface area (Å²) in [6.07, 6.45) is 0.600. The van der Waals surface area contributed by atoms with Gasteiger partial charge in [-0.15, -0.1) is 11.3 Å². The molecule has 2 heterocycles. The zero-order chi connectivity index (χ0) is 15.2. The maximum Gasteiger partial charge on any atom is 0.263 e. The van der Waals surface area contributed by atoms with Crippen molar-refractivity contribution in [3.05, 3.63) is 45.5 Å². The fourth-order valence-corrected chi connectivity index (χ4v) is 2.71. The highest BCUT2D eigenvalue weighted by molar-refractivity contribution is 7.12. The summed E-state index contributed by atoms with van der Waals surface area (Å²) in [5, 5.41) is 13.6.